The Labute approximate surface area is 122 Å². The third-order valence-corrected chi connectivity index (χ3v) is 4.04. The molecular weight excluding hydrogens is 278 g/mol. The van der Waals surface area contributed by atoms with Crippen LogP contribution in [0.25, 0.3) is 0 Å². The Morgan fingerprint density at radius 2 is 1.95 bits per heavy atom. The highest BCUT2D eigenvalue weighted by Gasteiger charge is 2.02. The van der Waals surface area contributed by atoms with Crippen molar-refractivity contribution in [2.75, 3.05) is 6.54 Å². The molecule has 0 aliphatic heterocycles. The molecule has 5 heteroatoms. The molecule has 0 unspecified atom stereocenters. The molecule has 0 saturated carbocycles. The highest BCUT2D eigenvalue weighted by Crippen LogP contribution is 2.28. The molecule has 0 amide bonds. The van der Waals surface area contributed by atoms with Gasteiger partial charge in [0.2, 0.25) is 0 Å². The summed E-state index contributed by atoms with van der Waals surface area (Å²) < 4.78 is 0. The third kappa shape index (κ3) is 4.49. The van der Waals surface area contributed by atoms with E-state index in [1.807, 2.05) is 36.7 Å². The Kier molecular flexibility index (Phi) is 5.63. The van der Waals surface area contributed by atoms with Gasteiger partial charge in [-0.15, -0.1) is 11.8 Å². The van der Waals surface area contributed by atoms with Crippen molar-refractivity contribution in [2.45, 2.75) is 24.1 Å². The minimum absolute atomic E-state index is 0.727. The van der Waals surface area contributed by atoms with Gasteiger partial charge in [-0.05, 0) is 18.7 Å². The lowest BCUT2D eigenvalue weighted by molar-refractivity contribution is 0.719. The summed E-state index contributed by atoms with van der Waals surface area (Å²) in [6, 6.07) is 7.81. The van der Waals surface area contributed by atoms with E-state index in [-0.39, 0.29) is 0 Å². The first kappa shape index (κ1) is 14.3. The van der Waals surface area contributed by atoms with Gasteiger partial charge in [-0.2, -0.15) is 0 Å². The third-order valence-electron chi connectivity index (χ3n) is 2.53. The van der Waals surface area contributed by atoms with Gasteiger partial charge in [0.1, 0.15) is 5.82 Å². The molecule has 100 valence electrons. The van der Waals surface area contributed by atoms with Gasteiger partial charge < -0.3 is 5.32 Å². The van der Waals surface area contributed by atoms with Crippen molar-refractivity contribution in [2.24, 2.45) is 0 Å². The number of aromatic nitrogens is 2. The van der Waals surface area contributed by atoms with Crippen LogP contribution < -0.4 is 5.32 Å². The van der Waals surface area contributed by atoms with Crippen molar-refractivity contribution in [1.82, 2.24) is 15.3 Å². The van der Waals surface area contributed by atoms with Crippen molar-refractivity contribution >= 4 is 23.4 Å². The van der Waals surface area contributed by atoms with E-state index in [1.54, 1.807) is 11.8 Å². The monoisotopic (exact) mass is 293 g/mol. The summed E-state index contributed by atoms with van der Waals surface area (Å²) in [6.45, 7) is 3.84. The molecule has 0 aliphatic rings. The predicted molar refractivity (Wildman–Crippen MR) is 80.4 cm³/mol. The largest absolute Gasteiger partial charge is 0.313 e. The summed E-state index contributed by atoms with van der Waals surface area (Å²) in [5.41, 5.74) is 1.10. The van der Waals surface area contributed by atoms with E-state index in [0.717, 1.165) is 40.1 Å². The van der Waals surface area contributed by atoms with Crippen LogP contribution in [0.1, 0.15) is 18.3 Å². The van der Waals surface area contributed by atoms with Gasteiger partial charge in [-0.25, -0.2) is 9.97 Å². The maximum Gasteiger partial charge on any atom is 0.138 e. The zero-order valence-electron chi connectivity index (χ0n) is 10.8. The first-order chi connectivity index (χ1) is 9.29. The van der Waals surface area contributed by atoms with Crippen molar-refractivity contribution in [3.05, 3.63) is 53.1 Å². The minimum atomic E-state index is 0.727. The summed E-state index contributed by atoms with van der Waals surface area (Å²) in [5, 5.41) is 4.02. The minimum Gasteiger partial charge on any atom is -0.313 e. The van der Waals surface area contributed by atoms with E-state index in [2.05, 4.69) is 22.2 Å². The summed E-state index contributed by atoms with van der Waals surface area (Å²) in [4.78, 5) is 9.78. The maximum absolute atomic E-state index is 6.10. The highest BCUT2D eigenvalue weighted by atomic mass is 35.5. The Morgan fingerprint density at radius 1 is 1.21 bits per heavy atom. The average Bonchev–Trinajstić information content (AvgIpc) is 2.45. The number of benzene rings is 1. The van der Waals surface area contributed by atoms with Crippen LogP contribution in [0.3, 0.4) is 0 Å². The maximum atomic E-state index is 6.10. The van der Waals surface area contributed by atoms with E-state index in [9.17, 15) is 0 Å². The first-order valence-electron chi connectivity index (χ1n) is 6.17. The topological polar surface area (TPSA) is 37.8 Å². The molecule has 2 aromatic rings. The fourth-order valence-electron chi connectivity index (χ4n) is 1.52. The zero-order chi connectivity index (χ0) is 13.5. The molecule has 0 saturated heterocycles. The molecule has 1 N–H and O–H groups in total. The number of rotatable bonds is 6. The molecule has 0 atom stereocenters. The number of halogens is 1. The zero-order valence-corrected chi connectivity index (χ0v) is 12.3. The average molecular weight is 294 g/mol. The van der Waals surface area contributed by atoms with Gasteiger partial charge in [-0.1, -0.05) is 30.7 Å². The van der Waals surface area contributed by atoms with E-state index in [0.29, 0.717) is 0 Å². The lowest BCUT2D eigenvalue weighted by Crippen LogP contribution is -2.12. The Bertz CT molecular complexity index is 516. The summed E-state index contributed by atoms with van der Waals surface area (Å²) in [7, 11) is 0. The summed E-state index contributed by atoms with van der Waals surface area (Å²) in [6.07, 6.45) is 3.75. The molecule has 0 aliphatic carbocycles. The number of nitrogens with zero attached hydrogens (tertiary/aromatic N) is 2. The molecule has 0 spiro atoms. The fraction of sp³-hybridized carbons (Fsp3) is 0.286. The first-order valence-corrected chi connectivity index (χ1v) is 7.53. The second-order valence-electron chi connectivity index (χ2n) is 4.01. The highest BCUT2D eigenvalue weighted by molar-refractivity contribution is 7.98. The Morgan fingerprint density at radius 3 is 2.63 bits per heavy atom. The molecule has 0 bridgehead atoms. The summed E-state index contributed by atoms with van der Waals surface area (Å²) in [5.74, 6) is 1.55. The Hall–Kier alpha value is -1.10. The van der Waals surface area contributed by atoms with Gasteiger partial charge in [0, 0.05) is 29.4 Å². The normalized spacial score (nSPS) is 10.6. The van der Waals surface area contributed by atoms with Gasteiger partial charge in [0.15, 0.2) is 0 Å². The number of thioether (sulfide) groups is 1. The molecule has 0 fully saturated rings. The molecule has 1 aromatic heterocycles. The van der Waals surface area contributed by atoms with Gasteiger partial charge in [-0.3, -0.25) is 0 Å². The number of hydrogen-bond acceptors (Lipinski definition) is 4. The smallest absolute Gasteiger partial charge is 0.138 e. The van der Waals surface area contributed by atoms with Crippen LogP contribution in [-0.4, -0.2) is 16.5 Å². The van der Waals surface area contributed by atoms with Gasteiger partial charge >= 0.3 is 0 Å². The van der Waals surface area contributed by atoms with Crippen molar-refractivity contribution in [1.29, 1.82) is 0 Å². The van der Waals surface area contributed by atoms with Crippen molar-refractivity contribution < 1.29 is 0 Å². The van der Waals surface area contributed by atoms with Crippen LogP contribution in [-0.2, 0) is 12.3 Å². The fourth-order valence-corrected chi connectivity index (χ4v) is 2.63. The van der Waals surface area contributed by atoms with E-state index >= 15 is 0 Å². The summed E-state index contributed by atoms with van der Waals surface area (Å²) >= 11 is 7.75. The lowest BCUT2D eigenvalue weighted by atomic mass is 10.3. The molecule has 1 aromatic carbocycles. The van der Waals surface area contributed by atoms with E-state index in [4.69, 9.17) is 11.6 Å². The van der Waals surface area contributed by atoms with Crippen molar-refractivity contribution in [3.8, 4) is 0 Å². The van der Waals surface area contributed by atoms with Crippen LogP contribution in [0, 0.1) is 0 Å². The molecule has 19 heavy (non-hydrogen) atoms. The van der Waals surface area contributed by atoms with Crippen LogP contribution in [0.4, 0.5) is 0 Å². The molecule has 0 radical (unpaired) electrons. The molecule has 1 heterocycles. The molecule has 3 nitrogen and oxygen atoms in total. The standard InChI is InChI=1S/C14H16ClN3S/c1-2-16-7-11-8-17-14(18-9-11)10-19-13-6-4-3-5-12(13)15/h3-6,8-9,16H,2,7,10H2,1H3. The van der Waals surface area contributed by atoms with Gasteiger partial charge in [0.05, 0.1) is 10.8 Å². The van der Waals surface area contributed by atoms with E-state index < -0.39 is 0 Å². The van der Waals surface area contributed by atoms with E-state index in [1.165, 1.54) is 0 Å². The van der Waals surface area contributed by atoms with Crippen LogP contribution in [0.2, 0.25) is 5.02 Å². The van der Waals surface area contributed by atoms with Gasteiger partial charge in [0.25, 0.3) is 0 Å². The second-order valence-corrected chi connectivity index (χ2v) is 5.43. The number of hydrogen-bond donors (Lipinski definition) is 1. The quantitative estimate of drug-likeness (QED) is 0.827. The second kappa shape index (κ2) is 7.48. The lowest BCUT2D eigenvalue weighted by Gasteiger charge is -2.04. The predicted octanol–water partition coefficient (Wildman–Crippen LogP) is 3.53. The number of nitrogens with one attached hydrogen (secondary N) is 1. The molecule has 2 rings (SSSR count). The Balaban J connectivity index is 1.91. The van der Waals surface area contributed by atoms with Crippen LogP contribution in [0.5, 0.6) is 0 Å². The molecular formula is C14H16ClN3S. The van der Waals surface area contributed by atoms with Crippen LogP contribution >= 0.6 is 23.4 Å². The van der Waals surface area contributed by atoms with Crippen molar-refractivity contribution in [3.63, 3.8) is 0 Å². The van der Waals surface area contributed by atoms with Crippen LogP contribution in [0.15, 0.2) is 41.6 Å². The SMILES string of the molecule is CCNCc1cnc(CSc2ccccc2Cl)nc1.